The van der Waals surface area contributed by atoms with E-state index in [4.69, 9.17) is 5.73 Å². The van der Waals surface area contributed by atoms with Gasteiger partial charge in [-0.15, -0.1) is 0 Å². The minimum absolute atomic E-state index is 0.0490. The lowest BCUT2D eigenvalue weighted by Crippen LogP contribution is -2.10. The van der Waals surface area contributed by atoms with Crippen molar-refractivity contribution in [2.24, 2.45) is 5.73 Å². The second-order valence-electron chi connectivity index (χ2n) is 2.97. The summed E-state index contributed by atoms with van der Waals surface area (Å²) in [6.07, 6.45) is -4.77. The number of hydrogen-bond acceptors (Lipinski definition) is 1. The Morgan fingerprint density at radius 1 is 1.14 bits per heavy atom. The molecule has 1 nitrogen and oxygen atoms in total. The Bertz CT molecular complexity index is 288. The van der Waals surface area contributed by atoms with E-state index < -0.39 is 12.6 Å². The molecule has 4 heteroatoms. The predicted molar refractivity (Wildman–Crippen MR) is 49.1 cm³/mol. The molecule has 0 amide bonds. The van der Waals surface area contributed by atoms with Gasteiger partial charge in [-0.1, -0.05) is 24.3 Å². The molecule has 0 aliphatic rings. The van der Waals surface area contributed by atoms with E-state index in [2.05, 4.69) is 0 Å². The Morgan fingerprint density at radius 3 is 2.36 bits per heavy atom. The van der Waals surface area contributed by atoms with Crippen molar-refractivity contribution in [3.8, 4) is 0 Å². The van der Waals surface area contributed by atoms with Crippen molar-refractivity contribution in [2.75, 3.05) is 6.54 Å². The molecule has 78 valence electrons. The highest BCUT2D eigenvalue weighted by atomic mass is 19.3. The van der Waals surface area contributed by atoms with E-state index in [1.807, 2.05) is 0 Å². The maximum Gasteiger partial charge on any atom is 0.273 e. The SMILES string of the molecule is NCCc1ccccc1C(F)C(F)F. The fraction of sp³-hybridized carbons (Fsp3) is 0.400. The van der Waals surface area contributed by atoms with Crippen LogP contribution in [0.2, 0.25) is 0 Å². The third-order valence-electron chi connectivity index (χ3n) is 1.99. The summed E-state index contributed by atoms with van der Waals surface area (Å²) < 4.78 is 37.3. The standard InChI is InChI=1S/C10H12F3N/c11-9(10(12)13)8-4-2-1-3-7(8)5-6-14/h1-4,9-10H,5-6,14H2. The lowest BCUT2D eigenvalue weighted by Gasteiger charge is -2.12. The van der Waals surface area contributed by atoms with Crippen LogP contribution in [0.1, 0.15) is 17.3 Å². The molecule has 0 spiro atoms. The van der Waals surface area contributed by atoms with Crippen LogP contribution in [0.5, 0.6) is 0 Å². The molecule has 2 N–H and O–H groups in total. The molecule has 0 bridgehead atoms. The fourth-order valence-corrected chi connectivity index (χ4v) is 1.32. The van der Waals surface area contributed by atoms with Crippen LogP contribution in [0.15, 0.2) is 24.3 Å². The van der Waals surface area contributed by atoms with Gasteiger partial charge < -0.3 is 5.73 Å². The van der Waals surface area contributed by atoms with E-state index in [9.17, 15) is 13.2 Å². The van der Waals surface area contributed by atoms with Gasteiger partial charge in [0.25, 0.3) is 6.43 Å². The average Bonchev–Trinajstić information content (AvgIpc) is 2.18. The van der Waals surface area contributed by atoms with Gasteiger partial charge in [0.1, 0.15) is 0 Å². The molecule has 0 aromatic heterocycles. The van der Waals surface area contributed by atoms with Gasteiger partial charge >= 0.3 is 0 Å². The average molecular weight is 203 g/mol. The van der Waals surface area contributed by atoms with Gasteiger partial charge in [-0.3, -0.25) is 0 Å². The smallest absolute Gasteiger partial charge is 0.273 e. The third-order valence-corrected chi connectivity index (χ3v) is 1.99. The van der Waals surface area contributed by atoms with Crippen molar-refractivity contribution in [2.45, 2.75) is 19.0 Å². The zero-order chi connectivity index (χ0) is 10.6. The maximum absolute atomic E-state index is 13.1. The molecule has 1 aromatic rings. The number of hydrogen-bond donors (Lipinski definition) is 1. The minimum Gasteiger partial charge on any atom is -0.330 e. The quantitative estimate of drug-likeness (QED) is 0.799. The van der Waals surface area contributed by atoms with Crippen LogP contribution < -0.4 is 5.73 Å². The van der Waals surface area contributed by atoms with E-state index in [0.29, 0.717) is 18.5 Å². The summed E-state index contributed by atoms with van der Waals surface area (Å²) in [5.41, 5.74) is 5.90. The second-order valence-corrected chi connectivity index (χ2v) is 2.97. The second kappa shape index (κ2) is 5.00. The largest absolute Gasteiger partial charge is 0.330 e. The van der Waals surface area contributed by atoms with Gasteiger partial charge in [0.15, 0.2) is 6.17 Å². The molecule has 0 fully saturated rings. The zero-order valence-corrected chi connectivity index (χ0v) is 7.59. The number of nitrogens with two attached hydrogens (primary N) is 1. The maximum atomic E-state index is 13.1. The third kappa shape index (κ3) is 2.48. The molecule has 0 aliphatic heterocycles. The van der Waals surface area contributed by atoms with Crippen LogP contribution >= 0.6 is 0 Å². The van der Waals surface area contributed by atoms with Crippen molar-refractivity contribution in [3.05, 3.63) is 35.4 Å². The Kier molecular flexibility index (Phi) is 3.95. The molecule has 14 heavy (non-hydrogen) atoms. The summed E-state index contributed by atoms with van der Waals surface area (Å²) in [5, 5.41) is 0. The molecule has 1 atom stereocenters. The first kappa shape index (κ1) is 11.0. The van der Waals surface area contributed by atoms with Gasteiger partial charge in [0, 0.05) is 0 Å². The first-order valence-electron chi connectivity index (χ1n) is 4.37. The molecule has 0 aliphatic carbocycles. The van der Waals surface area contributed by atoms with Crippen LogP contribution in [0, 0.1) is 0 Å². The predicted octanol–water partition coefficient (Wildman–Crippen LogP) is 2.46. The minimum atomic E-state index is -2.98. The fourth-order valence-electron chi connectivity index (χ4n) is 1.32. The topological polar surface area (TPSA) is 26.0 Å². The van der Waals surface area contributed by atoms with Crippen LogP contribution in [-0.4, -0.2) is 13.0 Å². The van der Waals surface area contributed by atoms with Crippen LogP contribution in [0.4, 0.5) is 13.2 Å². The molecule has 1 unspecified atom stereocenters. The molecule has 0 saturated carbocycles. The van der Waals surface area contributed by atoms with E-state index in [0.717, 1.165) is 0 Å². The molecular formula is C10H12F3N. The highest BCUT2D eigenvalue weighted by molar-refractivity contribution is 5.29. The molecule has 1 rings (SSSR count). The first-order valence-corrected chi connectivity index (χ1v) is 4.37. The van der Waals surface area contributed by atoms with Crippen LogP contribution in [-0.2, 0) is 6.42 Å². The van der Waals surface area contributed by atoms with Gasteiger partial charge in [-0.2, -0.15) is 0 Å². The number of benzene rings is 1. The monoisotopic (exact) mass is 203 g/mol. The van der Waals surface area contributed by atoms with Crippen molar-refractivity contribution < 1.29 is 13.2 Å². The van der Waals surface area contributed by atoms with Crippen molar-refractivity contribution in [1.29, 1.82) is 0 Å². The van der Waals surface area contributed by atoms with Crippen LogP contribution in [0.25, 0.3) is 0 Å². The van der Waals surface area contributed by atoms with E-state index in [1.165, 1.54) is 6.07 Å². The highest BCUT2D eigenvalue weighted by Gasteiger charge is 2.23. The van der Waals surface area contributed by atoms with Crippen LogP contribution in [0.3, 0.4) is 0 Å². The highest BCUT2D eigenvalue weighted by Crippen LogP contribution is 2.27. The lowest BCUT2D eigenvalue weighted by molar-refractivity contribution is 0.0491. The van der Waals surface area contributed by atoms with Gasteiger partial charge in [-0.05, 0) is 24.1 Å². The van der Waals surface area contributed by atoms with Gasteiger partial charge in [0.2, 0.25) is 0 Å². The van der Waals surface area contributed by atoms with Gasteiger partial charge in [-0.25, -0.2) is 13.2 Å². The van der Waals surface area contributed by atoms with Gasteiger partial charge in [0.05, 0.1) is 0 Å². The molecule has 0 heterocycles. The Labute approximate surface area is 80.7 Å². The van der Waals surface area contributed by atoms with E-state index in [-0.39, 0.29) is 5.56 Å². The summed E-state index contributed by atoms with van der Waals surface area (Å²) in [4.78, 5) is 0. The number of alkyl halides is 3. The summed E-state index contributed by atoms with van der Waals surface area (Å²) in [5.74, 6) is 0. The van der Waals surface area contributed by atoms with Crippen molar-refractivity contribution in [3.63, 3.8) is 0 Å². The molecule has 0 saturated heterocycles. The summed E-state index contributed by atoms with van der Waals surface area (Å²) in [6, 6.07) is 6.23. The summed E-state index contributed by atoms with van der Waals surface area (Å²) >= 11 is 0. The van der Waals surface area contributed by atoms with Crippen molar-refractivity contribution in [1.82, 2.24) is 0 Å². The van der Waals surface area contributed by atoms with E-state index in [1.54, 1.807) is 18.2 Å². The normalized spacial score (nSPS) is 13.2. The Morgan fingerprint density at radius 2 is 1.79 bits per heavy atom. The number of rotatable bonds is 4. The molecule has 0 radical (unpaired) electrons. The summed E-state index contributed by atoms with van der Waals surface area (Å²) in [6.45, 7) is 0.326. The Hall–Kier alpha value is -1.03. The first-order chi connectivity index (χ1) is 6.66. The van der Waals surface area contributed by atoms with Crippen molar-refractivity contribution >= 4 is 0 Å². The molecule has 1 aromatic carbocycles. The summed E-state index contributed by atoms with van der Waals surface area (Å²) in [7, 11) is 0. The lowest BCUT2D eigenvalue weighted by atomic mass is 10.0. The zero-order valence-electron chi connectivity index (χ0n) is 7.59. The van der Waals surface area contributed by atoms with E-state index >= 15 is 0 Å². The number of halogens is 3. The Balaban J connectivity index is 2.94. The molecular weight excluding hydrogens is 191 g/mol.